The summed E-state index contributed by atoms with van der Waals surface area (Å²) < 4.78 is 0. The van der Waals surface area contributed by atoms with Crippen LogP contribution in [0, 0.1) is 0 Å². The van der Waals surface area contributed by atoms with E-state index in [1.807, 2.05) is 0 Å². The molecule has 0 radical (unpaired) electrons. The van der Waals surface area contributed by atoms with E-state index in [1.165, 1.54) is 4.90 Å². The van der Waals surface area contributed by atoms with Crippen LogP contribution in [0.15, 0.2) is 0 Å². The summed E-state index contributed by atoms with van der Waals surface area (Å²) in [5.41, 5.74) is 0. The first-order chi connectivity index (χ1) is 5.20. The van der Waals surface area contributed by atoms with Crippen molar-refractivity contribution in [1.82, 2.24) is 4.90 Å². The second-order valence-corrected chi connectivity index (χ2v) is 3.29. The predicted octanol–water partition coefficient (Wildman–Crippen LogP) is 0.262. The monoisotopic (exact) mass is 157 g/mol. The summed E-state index contributed by atoms with van der Waals surface area (Å²) >= 11 is 0. The molecule has 0 aromatic heterocycles. The molecule has 0 aromatic rings. The highest BCUT2D eigenvalue weighted by Crippen LogP contribution is 2.37. The molecule has 1 amide bonds. The maximum atomic E-state index is 10.6. The standard InChI is InChI=1S/C7H11NO3/c9-6-3-4-1-2-5(6)8(4)7(10)11/h4-6,9H,1-3H2,(H,10,11)/t4-,5+,6-/m0/s1. The van der Waals surface area contributed by atoms with Crippen LogP contribution in [-0.4, -0.2) is 39.4 Å². The summed E-state index contributed by atoms with van der Waals surface area (Å²) in [5.74, 6) is 0. The van der Waals surface area contributed by atoms with Crippen molar-refractivity contribution in [3.05, 3.63) is 0 Å². The lowest BCUT2D eigenvalue weighted by Crippen LogP contribution is -2.36. The molecule has 2 aliphatic rings. The zero-order chi connectivity index (χ0) is 8.01. The zero-order valence-corrected chi connectivity index (χ0v) is 6.10. The van der Waals surface area contributed by atoms with Crippen molar-refractivity contribution in [2.75, 3.05) is 0 Å². The summed E-state index contributed by atoms with van der Waals surface area (Å²) in [4.78, 5) is 12.0. The van der Waals surface area contributed by atoms with Gasteiger partial charge in [0.15, 0.2) is 0 Å². The van der Waals surface area contributed by atoms with Crippen LogP contribution in [0.5, 0.6) is 0 Å². The van der Waals surface area contributed by atoms with Crippen LogP contribution in [-0.2, 0) is 0 Å². The first kappa shape index (κ1) is 6.91. The number of aliphatic hydroxyl groups excluding tert-OH is 1. The fourth-order valence-electron chi connectivity index (χ4n) is 2.26. The Labute approximate surface area is 64.4 Å². The van der Waals surface area contributed by atoms with Crippen LogP contribution in [0.1, 0.15) is 19.3 Å². The van der Waals surface area contributed by atoms with Gasteiger partial charge in [0.2, 0.25) is 0 Å². The second-order valence-electron chi connectivity index (χ2n) is 3.29. The van der Waals surface area contributed by atoms with Crippen molar-refractivity contribution in [3.63, 3.8) is 0 Å². The number of hydrogen-bond acceptors (Lipinski definition) is 2. The molecule has 62 valence electrons. The Morgan fingerprint density at radius 1 is 1.45 bits per heavy atom. The molecule has 2 saturated heterocycles. The van der Waals surface area contributed by atoms with Crippen molar-refractivity contribution in [2.24, 2.45) is 0 Å². The fraction of sp³-hybridized carbons (Fsp3) is 0.857. The van der Waals surface area contributed by atoms with Gasteiger partial charge in [-0.3, -0.25) is 4.90 Å². The van der Waals surface area contributed by atoms with Crippen LogP contribution in [0.4, 0.5) is 4.79 Å². The summed E-state index contributed by atoms with van der Waals surface area (Å²) in [6.45, 7) is 0. The third-order valence-electron chi connectivity index (χ3n) is 2.72. The van der Waals surface area contributed by atoms with Crippen LogP contribution < -0.4 is 0 Å². The van der Waals surface area contributed by atoms with Gasteiger partial charge in [-0.2, -0.15) is 0 Å². The van der Waals surface area contributed by atoms with Crippen LogP contribution >= 0.6 is 0 Å². The van der Waals surface area contributed by atoms with Crippen molar-refractivity contribution in [3.8, 4) is 0 Å². The topological polar surface area (TPSA) is 60.8 Å². The van der Waals surface area contributed by atoms with Gasteiger partial charge in [0.1, 0.15) is 0 Å². The van der Waals surface area contributed by atoms with Gasteiger partial charge in [-0.05, 0) is 19.3 Å². The molecule has 4 nitrogen and oxygen atoms in total. The minimum absolute atomic E-state index is 0.0903. The molecule has 2 rings (SSSR count). The molecule has 2 aliphatic heterocycles. The first-order valence-corrected chi connectivity index (χ1v) is 3.89. The SMILES string of the molecule is O=C(O)N1[C@H]2CC[C@@H]1[C@@H](O)C2. The average molecular weight is 157 g/mol. The van der Waals surface area contributed by atoms with Crippen molar-refractivity contribution in [2.45, 2.75) is 37.5 Å². The largest absolute Gasteiger partial charge is 0.465 e. The molecule has 0 spiro atoms. The van der Waals surface area contributed by atoms with Gasteiger partial charge in [-0.15, -0.1) is 0 Å². The van der Waals surface area contributed by atoms with E-state index >= 15 is 0 Å². The molecule has 0 saturated carbocycles. The number of fused-ring (bicyclic) bond motifs is 2. The van der Waals surface area contributed by atoms with Gasteiger partial charge < -0.3 is 10.2 Å². The Kier molecular flexibility index (Phi) is 1.32. The summed E-state index contributed by atoms with van der Waals surface area (Å²) in [6.07, 6.45) is 1.10. The minimum Gasteiger partial charge on any atom is -0.465 e. The second kappa shape index (κ2) is 2.11. The van der Waals surface area contributed by atoms with E-state index in [2.05, 4.69) is 0 Å². The molecule has 11 heavy (non-hydrogen) atoms. The van der Waals surface area contributed by atoms with Crippen LogP contribution in [0.25, 0.3) is 0 Å². The lowest BCUT2D eigenvalue weighted by Gasteiger charge is -2.17. The van der Waals surface area contributed by atoms with E-state index in [1.54, 1.807) is 0 Å². The van der Waals surface area contributed by atoms with Gasteiger partial charge >= 0.3 is 6.09 Å². The third kappa shape index (κ3) is 0.822. The summed E-state index contributed by atoms with van der Waals surface area (Å²) in [5, 5.41) is 18.1. The third-order valence-corrected chi connectivity index (χ3v) is 2.72. The van der Waals surface area contributed by atoms with Crippen molar-refractivity contribution >= 4 is 6.09 Å². The fourth-order valence-corrected chi connectivity index (χ4v) is 2.26. The number of rotatable bonds is 0. The van der Waals surface area contributed by atoms with Gasteiger partial charge in [-0.1, -0.05) is 0 Å². The molecule has 0 aliphatic carbocycles. The lowest BCUT2D eigenvalue weighted by molar-refractivity contribution is 0.106. The highest BCUT2D eigenvalue weighted by molar-refractivity contribution is 5.67. The van der Waals surface area contributed by atoms with E-state index in [4.69, 9.17) is 5.11 Å². The number of aliphatic hydroxyl groups is 1. The quantitative estimate of drug-likeness (QED) is 0.530. The molecule has 4 heteroatoms. The molecule has 0 unspecified atom stereocenters. The highest BCUT2D eigenvalue weighted by atomic mass is 16.4. The van der Waals surface area contributed by atoms with Gasteiger partial charge in [0.25, 0.3) is 0 Å². The highest BCUT2D eigenvalue weighted by Gasteiger charge is 2.47. The van der Waals surface area contributed by atoms with Gasteiger partial charge in [0, 0.05) is 6.04 Å². The van der Waals surface area contributed by atoms with E-state index < -0.39 is 12.2 Å². The molecule has 3 atom stereocenters. The molecule has 2 N–H and O–H groups in total. The number of nitrogens with zero attached hydrogens (tertiary/aromatic N) is 1. The molecular weight excluding hydrogens is 146 g/mol. The number of carbonyl (C=O) groups is 1. The smallest absolute Gasteiger partial charge is 0.407 e. The Bertz CT molecular complexity index is 194. The van der Waals surface area contributed by atoms with Crippen molar-refractivity contribution in [1.29, 1.82) is 0 Å². The maximum Gasteiger partial charge on any atom is 0.407 e. The lowest BCUT2D eigenvalue weighted by atomic mass is 9.98. The number of hydrogen-bond donors (Lipinski definition) is 2. The van der Waals surface area contributed by atoms with Crippen molar-refractivity contribution < 1.29 is 15.0 Å². The Hall–Kier alpha value is -0.770. The maximum absolute atomic E-state index is 10.6. The van der Waals surface area contributed by atoms with E-state index in [0.717, 1.165) is 12.8 Å². The Balaban J connectivity index is 2.19. The normalized spacial score (nSPS) is 41.5. The van der Waals surface area contributed by atoms with E-state index in [0.29, 0.717) is 6.42 Å². The Morgan fingerprint density at radius 2 is 2.18 bits per heavy atom. The van der Waals surface area contributed by atoms with Crippen LogP contribution in [0.2, 0.25) is 0 Å². The summed E-state index contributed by atoms with van der Waals surface area (Å²) in [6, 6.07) is -0.0231. The van der Waals surface area contributed by atoms with E-state index in [-0.39, 0.29) is 12.1 Å². The summed E-state index contributed by atoms with van der Waals surface area (Å²) in [7, 11) is 0. The molecular formula is C7H11NO3. The zero-order valence-electron chi connectivity index (χ0n) is 6.10. The van der Waals surface area contributed by atoms with Gasteiger partial charge in [0.05, 0.1) is 12.1 Å². The molecule has 2 heterocycles. The number of carboxylic acid groups (broad SMARTS) is 1. The average Bonchev–Trinajstić information content (AvgIpc) is 2.41. The van der Waals surface area contributed by atoms with E-state index in [9.17, 15) is 9.90 Å². The number of amides is 1. The Morgan fingerprint density at radius 3 is 2.45 bits per heavy atom. The molecule has 0 aromatic carbocycles. The van der Waals surface area contributed by atoms with Crippen LogP contribution in [0.3, 0.4) is 0 Å². The predicted molar refractivity (Wildman–Crippen MR) is 37.3 cm³/mol. The minimum atomic E-state index is -0.881. The molecule has 2 bridgehead atoms. The van der Waals surface area contributed by atoms with Gasteiger partial charge in [-0.25, -0.2) is 4.79 Å². The molecule has 2 fully saturated rings. The first-order valence-electron chi connectivity index (χ1n) is 3.89.